The van der Waals surface area contributed by atoms with Crippen molar-refractivity contribution in [2.45, 2.75) is 24.9 Å². The van der Waals surface area contributed by atoms with Crippen LogP contribution in [-0.4, -0.2) is 63.0 Å². The zero-order valence-electron chi connectivity index (χ0n) is 18.1. The van der Waals surface area contributed by atoms with E-state index in [1.807, 2.05) is 17.0 Å². The van der Waals surface area contributed by atoms with E-state index in [-0.39, 0.29) is 11.7 Å². The van der Waals surface area contributed by atoms with Crippen molar-refractivity contribution in [1.82, 2.24) is 4.90 Å². The van der Waals surface area contributed by atoms with Gasteiger partial charge in [-0.1, -0.05) is 12.1 Å². The molecule has 0 bridgehead atoms. The second kappa shape index (κ2) is 9.16. The van der Waals surface area contributed by atoms with Crippen LogP contribution in [0, 0.1) is 0 Å². The van der Waals surface area contributed by atoms with E-state index >= 15 is 0 Å². The highest BCUT2D eigenvalue weighted by molar-refractivity contribution is 5.95. The molecule has 4 rings (SSSR count). The molecule has 1 fully saturated rings. The second-order valence-corrected chi connectivity index (χ2v) is 7.94. The molecule has 0 aliphatic carbocycles. The molecular formula is C24H29NO6. The Morgan fingerprint density at radius 2 is 1.97 bits per heavy atom. The number of nitrogens with zero attached hydrogens (tertiary/aromatic N) is 1. The van der Waals surface area contributed by atoms with Crippen LogP contribution < -0.4 is 9.47 Å². The van der Waals surface area contributed by atoms with Crippen LogP contribution >= 0.6 is 0 Å². The molecule has 2 heterocycles. The molecule has 0 aromatic heterocycles. The first kappa shape index (κ1) is 21.5. The summed E-state index contributed by atoms with van der Waals surface area (Å²) in [7, 11) is 3.28. The lowest BCUT2D eigenvalue weighted by Crippen LogP contribution is -2.48. The first-order valence-electron chi connectivity index (χ1n) is 10.6. The number of phenols is 1. The number of amides is 1. The van der Waals surface area contributed by atoms with Gasteiger partial charge in [-0.15, -0.1) is 0 Å². The zero-order valence-corrected chi connectivity index (χ0v) is 18.1. The quantitative estimate of drug-likeness (QED) is 0.714. The van der Waals surface area contributed by atoms with E-state index in [0.717, 1.165) is 17.7 Å². The van der Waals surface area contributed by atoms with Crippen LogP contribution in [0.3, 0.4) is 0 Å². The number of benzene rings is 2. The zero-order chi connectivity index (χ0) is 21.8. The maximum Gasteiger partial charge on any atom is 0.254 e. The first-order chi connectivity index (χ1) is 15.1. The molecule has 2 aliphatic heterocycles. The molecule has 2 aromatic rings. The van der Waals surface area contributed by atoms with Crippen molar-refractivity contribution < 1.29 is 28.8 Å². The largest absolute Gasteiger partial charge is 0.508 e. The Labute approximate surface area is 182 Å². The maximum absolute atomic E-state index is 13.1. The van der Waals surface area contributed by atoms with Gasteiger partial charge in [0, 0.05) is 37.4 Å². The van der Waals surface area contributed by atoms with Crippen molar-refractivity contribution in [1.29, 1.82) is 0 Å². The van der Waals surface area contributed by atoms with Crippen LogP contribution in [0.4, 0.5) is 0 Å². The summed E-state index contributed by atoms with van der Waals surface area (Å²) in [4.78, 5) is 15.0. The number of carbonyl (C=O) groups excluding carboxylic acids is 1. The minimum atomic E-state index is -0.426. The van der Waals surface area contributed by atoms with Crippen LogP contribution in [0.2, 0.25) is 0 Å². The molecule has 31 heavy (non-hydrogen) atoms. The van der Waals surface area contributed by atoms with E-state index in [9.17, 15) is 9.90 Å². The van der Waals surface area contributed by atoms with E-state index in [1.165, 1.54) is 17.7 Å². The summed E-state index contributed by atoms with van der Waals surface area (Å²) < 4.78 is 22.5. The van der Waals surface area contributed by atoms with Crippen molar-refractivity contribution in [3.63, 3.8) is 0 Å². The summed E-state index contributed by atoms with van der Waals surface area (Å²) in [5.74, 6) is 1.17. The van der Waals surface area contributed by atoms with Gasteiger partial charge in [0.05, 0.1) is 20.3 Å². The summed E-state index contributed by atoms with van der Waals surface area (Å²) in [5, 5.41) is 10.0. The third-order valence-electron chi connectivity index (χ3n) is 6.09. The van der Waals surface area contributed by atoms with Gasteiger partial charge in [-0.25, -0.2) is 0 Å². The average molecular weight is 427 g/mol. The number of fused-ring (bicyclic) bond motifs is 2. The molecule has 0 saturated carbocycles. The maximum atomic E-state index is 13.1. The average Bonchev–Trinajstić information content (AvgIpc) is 2.79. The van der Waals surface area contributed by atoms with Gasteiger partial charge in [0.15, 0.2) is 0 Å². The first-order valence-corrected chi connectivity index (χ1v) is 10.6. The Balaban J connectivity index is 1.50. The molecule has 7 nitrogen and oxygen atoms in total. The lowest BCUT2D eigenvalue weighted by molar-refractivity contribution is -0.0946. The molecule has 1 N–H and O–H groups in total. The number of ether oxygens (including phenoxy) is 4. The Morgan fingerprint density at radius 3 is 2.71 bits per heavy atom. The highest BCUT2D eigenvalue weighted by atomic mass is 16.5. The van der Waals surface area contributed by atoms with E-state index in [0.29, 0.717) is 57.1 Å². The van der Waals surface area contributed by atoms with Gasteiger partial charge in [-0.2, -0.15) is 0 Å². The van der Waals surface area contributed by atoms with Crippen LogP contribution in [0.25, 0.3) is 0 Å². The van der Waals surface area contributed by atoms with E-state index in [4.69, 9.17) is 18.9 Å². The van der Waals surface area contributed by atoms with Gasteiger partial charge in [-0.05, 0) is 43.0 Å². The summed E-state index contributed by atoms with van der Waals surface area (Å²) in [5.41, 5.74) is 2.37. The third-order valence-corrected chi connectivity index (χ3v) is 6.09. The summed E-state index contributed by atoms with van der Waals surface area (Å²) in [6.45, 7) is 2.57. The van der Waals surface area contributed by atoms with Crippen molar-refractivity contribution >= 4 is 5.91 Å². The predicted octanol–water partition coefficient (Wildman–Crippen LogP) is 3.13. The van der Waals surface area contributed by atoms with Crippen molar-refractivity contribution in [3.05, 3.63) is 53.1 Å². The van der Waals surface area contributed by atoms with Gasteiger partial charge in [0.1, 0.15) is 29.5 Å². The lowest BCUT2D eigenvalue weighted by Gasteiger charge is -2.45. The molecule has 2 aromatic carbocycles. The van der Waals surface area contributed by atoms with Crippen molar-refractivity contribution in [2.24, 2.45) is 0 Å². The number of phenolic OH excluding ortho intramolecular Hbond substituents is 1. The molecule has 1 amide bonds. The highest BCUT2D eigenvalue weighted by Crippen LogP contribution is 2.46. The number of rotatable bonds is 6. The van der Waals surface area contributed by atoms with Crippen LogP contribution in [-0.2, 0) is 21.5 Å². The molecule has 1 saturated heterocycles. The standard InChI is InChI=1S/C24H29NO6/c1-28-12-13-30-20-15-18(14-19(26)16-20)23(27)25-9-7-24(8-10-25)22-17(6-11-31-24)4-3-5-21(22)29-2/h3-5,14-16,26H,6-13H2,1-2H3. The van der Waals surface area contributed by atoms with Gasteiger partial charge < -0.3 is 29.0 Å². The number of hydrogen-bond donors (Lipinski definition) is 1. The minimum Gasteiger partial charge on any atom is -0.508 e. The van der Waals surface area contributed by atoms with E-state index in [2.05, 4.69) is 6.07 Å². The van der Waals surface area contributed by atoms with Crippen LogP contribution in [0.5, 0.6) is 17.2 Å². The fraction of sp³-hybridized carbons (Fsp3) is 0.458. The molecule has 0 unspecified atom stereocenters. The number of carbonyl (C=O) groups is 1. The number of hydrogen-bond acceptors (Lipinski definition) is 6. The number of methoxy groups -OCH3 is 2. The summed E-state index contributed by atoms with van der Waals surface area (Å²) >= 11 is 0. The van der Waals surface area contributed by atoms with Crippen molar-refractivity contribution in [2.75, 3.05) is 47.1 Å². The monoisotopic (exact) mass is 427 g/mol. The van der Waals surface area contributed by atoms with Crippen LogP contribution in [0.1, 0.15) is 34.3 Å². The Kier molecular flexibility index (Phi) is 6.34. The topological polar surface area (TPSA) is 77.5 Å². The number of aromatic hydroxyl groups is 1. The van der Waals surface area contributed by atoms with Gasteiger partial charge in [0.25, 0.3) is 5.91 Å². The normalized spacial score (nSPS) is 17.3. The molecule has 0 radical (unpaired) electrons. The lowest BCUT2D eigenvalue weighted by atomic mass is 9.78. The van der Waals surface area contributed by atoms with Gasteiger partial charge in [0.2, 0.25) is 0 Å². The molecule has 2 aliphatic rings. The number of likely N-dealkylation sites (tertiary alicyclic amines) is 1. The van der Waals surface area contributed by atoms with E-state index in [1.54, 1.807) is 20.3 Å². The molecule has 7 heteroatoms. The smallest absolute Gasteiger partial charge is 0.254 e. The Morgan fingerprint density at radius 1 is 1.16 bits per heavy atom. The Bertz CT molecular complexity index is 921. The molecule has 166 valence electrons. The highest BCUT2D eigenvalue weighted by Gasteiger charge is 2.43. The predicted molar refractivity (Wildman–Crippen MR) is 115 cm³/mol. The van der Waals surface area contributed by atoms with Gasteiger partial charge >= 0.3 is 0 Å². The van der Waals surface area contributed by atoms with Crippen molar-refractivity contribution in [3.8, 4) is 17.2 Å². The summed E-state index contributed by atoms with van der Waals surface area (Å²) in [6.07, 6.45) is 2.26. The minimum absolute atomic E-state index is 0.000948. The van der Waals surface area contributed by atoms with Gasteiger partial charge in [-0.3, -0.25) is 4.79 Å². The number of piperidine rings is 1. The molecule has 0 atom stereocenters. The van der Waals surface area contributed by atoms with Crippen LogP contribution in [0.15, 0.2) is 36.4 Å². The fourth-order valence-electron chi connectivity index (χ4n) is 4.58. The van der Waals surface area contributed by atoms with E-state index < -0.39 is 5.60 Å². The summed E-state index contributed by atoms with van der Waals surface area (Å²) in [6, 6.07) is 10.8. The fourth-order valence-corrected chi connectivity index (χ4v) is 4.58. The Hall–Kier alpha value is -2.77. The molecule has 1 spiro atoms. The second-order valence-electron chi connectivity index (χ2n) is 7.94. The SMILES string of the molecule is COCCOc1cc(O)cc(C(=O)N2CCC3(CC2)OCCc2cccc(OC)c23)c1. The molecular weight excluding hydrogens is 398 g/mol. The third kappa shape index (κ3) is 4.34.